The highest BCUT2D eigenvalue weighted by atomic mass is 127. The minimum absolute atomic E-state index is 0.140. The Bertz CT molecular complexity index is 1070. The quantitative estimate of drug-likeness (QED) is 0.325. The molecule has 6 heteroatoms. The number of nitrogens with zero attached hydrogens (tertiary/aromatic N) is 1. The zero-order chi connectivity index (χ0) is 24.3. The molecule has 1 atom stereocenters. The summed E-state index contributed by atoms with van der Waals surface area (Å²) in [5, 5.41) is 2.99. The molecule has 0 aliphatic carbocycles. The molecule has 178 valence electrons. The monoisotopic (exact) mass is 570 g/mol. The van der Waals surface area contributed by atoms with Gasteiger partial charge in [-0.15, -0.1) is 0 Å². The number of halogens is 1. The van der Waals surface area contributed by atoms with Crippen LogP contribution in [0.2, 0.25) is 0 Å². The van der Waals surface area contributed by atoms with Crippen molar-refractivity contribution in [2.45, 2.75) is 39.3 Å². The normalized spacial score (nSPS) is 11.5. The smallest absolute Gasteiger partial charge is 0.261 e. The van der Waals surface area contributed by atoms with E-state index in [1.807, 2.05) is 92.7 Å². The van der Waals surface area contributed by atoms with E-state index in [9.17, 15) is 9.59 Å². The maximum Gasteiger partial charge on any atom is 0.261 e. The van der Waals surface area contributed by atoms with Crippen LogP contribution in [0.3, 0.4) is 0 Å². The van der Waals surface area contributed by atoms with Crippen LogP contribution in [-0.4, -0.2) is 35.9 Å². The zero-order valence-electron chi connectivity index (χ0n) is 19.7. The number of hydrogen-bond acceptors (Lipinski definition) is 3. The molecule has 0 radical (unpaired) electrons. The minimum atomic E-state index is -0.652. The second-order valence-corrected chi connectivity index (χ2v) is 9.43. The number of benzene rings is 3. The maximum absolute atomic E-state index is 13.5. The fourth-order valence-corrected chi connectivity index (χ4v) is 4.01. The summed E-state index contributed by atoms with van der Waals surface area (Å²) in [6.07, 6.45) is 1.25. The Morgan fingerprint density at radius 2 is 1.65 bits per heavy atom. The van der Waals surface area contributed by atoms with Gasteiger partial charge >= 0.3 is 0 Å². The van der Waals surface area contributed by atoms with Crippen molar-refractivity contribution in [2.24, 2.45) is 0 Å². The third-order valence-corrected chi connectivity index (χ3v) is 6.32. The van der Waals surface area contributed by atoms with E-state index in [-0.39, 0.29) is 18.4 Å². The van der Waals surface area contributed by atoms with E-state index >= 15 is 0 Å². The lowest BCUT2D eigenvalue weighted by Gasteiger charge is -2.32. The Kier molecular flexibility index (Phi) is 9.94. The fraction of sp³-hybridized carbons (Fsp3) is 0.286. The first-order valence-electron chi connectivity index (χ1n) is 11.5. The van der Waals surface area contributed by atoms with Crippen molar-refractivity contribution in [1.82, 2.24) is 10.2 Å². The molecule has 0 fully saturated rings. The van der Waals surface area contributed by atoms with Crippen molar-refractivity contribution in [2.75, 3.05) is 13.2 Å². The van der Waals surface area contributed by atoms with Gasteiger partial charge in [0.2, 0.25) is 5.91 Å². The SMILES string of the molecule is CCCNC(=O)[C@@H](Cc1ccccc1)N(Cc1ccccc1C)C(=O)COc1ccc(I)cc1. The highest BCUT2D eigenvalue weighted by Gasteiger charge is 2.30. The van der Waals surface area contributed by atoms with Crippen molar-refractivity contribution >= 4 is 34.4 Å². The third kappa shape index (κ3) is 7.58. The largest absolute Gasteiger partial charge is 0.484 e. The van der Waals surface area contributed by atoms with E-state index in [1.165, 1.54) is 0 Å². The van der Waals surface area contributed by atoms with Crippen molar-refractivity contribution in [3.8, 4) is 5.75 Å². The summed E-state index contributed by atoms with van der Waals surface area (Å²) in [5.74, 6) is 0.246. The molecular formula is C28H31IN2O3. The number of carbonyl (C=O) groups excluding carboxylic acids is 2. The summed E-state index contributed by atoms with van der Waals surface area (Å²) in [5.41, 5.74) is 3.08. The summed E-state index contributed by atoms with van der Waals surface area (Å²) in [6, 6.07) is 24.7. The summed E-state index contributed by atoms with van der Waals surface area (Å²) < 4.78 is 6.90. The van der Waals surface area contributed by atoms with Gasteiger partial charge in [-0.05, 0) is 76.9 Å². The Morgan fingerprint density at radius 1 is 0.971 bits per heavy atom. The summed E-state index contributed by atoms with van der Waals surface area (Å²) in [6.45, 7) is 4.79. The molecule has 5 nitrogen and oxygen atoms in total. The molecule has 0 heterocycles. The van der Waals surface area contributed by atoms with E-state index in [1.54, 1.807) is 4.90 Å². The molecule has 0 saturated carbocycles. The van der Waals surface area contributed by atoms with Gasteiger partial charge in [0.05, 0.1) is 0 Å². The van der Waals surface area contributed by atoms with Crippen molar-refractivity contribution in [1.29, 1.82) is 0 Å². The average Bonchev–Trinajstić information content (AvgIpc) is 2.85. The van der Waals surface area contributed by atoms with Gasteiger partial charge in [0, 0.05) is 23.1 Å². The predicted octanol–water partition coefficient (Wildman–Crippen LogP) is 5.14. The lowest BCUT2D eigenvalue weighted by Crippen LogP contribution is -2.51. The van der Waals surface area contributed by atoms with Crippen LogP contribution in [0.15, 0.2) is 78.9 Å². The number of carbonyl (C=O) groups is 2. The van der Waals surface area contributed by atoms with E-state index in [0.717, 1.165) is 26.7 Å². The van der Waals surface area contributed by atoms with Crippen molar-refractivity contribution < 1.29 is 14.3 Å². The van der Waals surface area contributed by atoms with Gasteiger partial charge in [-0.2, -0.15) is 0 Å². The Hall–Kier alpha value is -2.87. The van der Waals surface area contributed by atoms with Crippen LogP contribution in [0.4, 0.5) is 0 Å². The fourth-order valence-electron chi connectivity index (χ4n) is 3.65. The molecule has 34 heavy (non-hydrogen) atoms. The van der Waals surface area contributed by atoms with E-state index in [2.05, 4.69) is 27.9 Å². The van der Waals surface area contributed by atoms with Crippen LogP contribution >= 0.6 is 22.6 Å². The number of aryl methyl sites for hydroxylation is 1. The molecule has 0 unspecified atom stereocenters. The van der Waals surface area contributed by atoms with Crippen LogP contribution in [0, 0.1) is 10.5 Å². The standard InChI is InChI=1S/C28H31IN2O3/c1-3-17-30-28(33)26(18-22-10-5-4-6-11-22)31(19-23-12-8-7-9-21(23)2)27(32)20-34-25-15-13-24(29)14-16-25/h4-16,26H,3,17-20H2,1-2H3,(H,30,33)/t26-/m1/s1. The molecule has 3 rings (SSSR count). The first kappa shape index (κ1) is 25.7. The van der Waals surface area contributed by atoms with Gasteiger partial charge in [0.15, 0.2) is 6.61 Å². The molecule has 0 aromatic heterocycles. The van der Waals surface area contributed by atoms with E-state index in [0.29, 0.717) is 25.3 Å². The lowest BCUT2D eigenvalue weighted by molar-refractivity contribution is -0.142. The van der Waals surface area contributed by atoms with Crippen molar-refractivity contribution in [3.05, 3.63) is 99.1 Å². The molecule has 0 bridgehead atoms. The number of nitrogens with one attached hydrogen (secondary N) is 1. The number of amides is 2. The van der Waals surface area contributed by atoms with Gasteiger partial charge in [-0.3, -0.25) is 9.59 Å². The minimum Gasteiger partial charge on any atom is -0.484 e. The number of hydrogen-bond donors (Lipinski definition) is 1. The van der Waals surface area contributed by atoms with E-state index in [4.69, 9.17) is 4.74 Å². The zero-order valence-corrected chi connectivity index (χ0v) is 21.8. The molecule has 1 N–H and O–H groups in total. The molecule has 0 aliphatic rings. The van der Waals surface area contributed by atoms with Crippen LogP contribution in [0.1, 0.15) is 30.0 Å². The van der Waals surface area contributed by atoms with Gasteiger partial charge < -0.3 is 15.0 Å². The summed E-state index contributed by atoms with van der Waals surface area (Å²) in [4.78, 5) is 28.5. The predicted molar refractivity (Wildman–Crippen MR) is 144 cm³/mol. The summed E-state index contributed by atoms with van der Waals surface area (Å²) >= 11 is 2.23. The first-order valence-corrected chi connectivity index (χ1v) is 12.6. The van der Waals surface area contributed by atoms with Crippen molar-refractivity contribution in [3.63, 3.8) is 0 Å². The van der Waals surface area contributed by atoms with Crippen LogP contribution < -0.4 is 10.1 Å². The lowest BCUT2D eigenvalue weighted by atomic mass is 10.0. The maximum atomic E-state index is 13.5. The summed E-state index contributed by atoms with van der Waals surface area (Å²) in [7, 11) is 0. The molecule has 3 aromatic carbocycles. The Labute approximate surface area is 215 Å². The van der Waals surface area contributed by atoms with Crippen LogP contribution in [0.25, 0.3) is 0 Å². The highest BCUT2D eigenvalue weighted by Crippen LogP contribution is 2.18. The Morgan fingerprint density at radius 3 is 2.32 bits per heavy atom. The number of ether oxygens (including phenoxy) is 1. The molecule has 2 amide bonds. The topological polar surface area (TPSA) is 58.6 Å². The average molecular weight is 570 g/mol. The second kappa shape index (κ2) is 13.1. The number of rotatable bonds is 11. The van der Waals surface area contributed by atoms with Crippen LogP contribution in [-0.2, 0) is 22.6 Å². The van der Waals surface area contributed by atoms with Gasteiger partial charge in [-0.1, -0.05) is 61.5 Å². The van der Waals surface area contributed by atoms with Gasteiger partial charge in [0.25, 0.3) is 5.91 Å². The second-order valence-electron chi connectivity index (χ2n) is 8.19. The Balaban J connectivity index is 1.89. The molecule has 3 aromatic rings. The molecule has 0 spiro atoms. The van der Waals surface area contributed by atoms with Crippen LogP contribution in [0.5, 0.6) is 5.75 Å². The molecule has 0 aliphatic heterocycles. The van der Waals surface area contributed by atoms with E-state index < -0.39 is 6.04 Å². The third-order valence-electron chi connectivity index (χ3n) is 5.60. The van der Waals surface area contributed by atoms with Gasteiger partial charge in [-0.25, -0.2) is 0 Å². The van der Waals surface area contributed by atoms with Gasteiger partial charge in [0.1, 0.15) is 11.8 Å². The molecule has 0 saturated heterocycles. The molecular weight excluding hydrogens is 539 g/mol. The highest BCUT2D eigenvalue weighted by molar-refractivity contribution is 14.1. The first-order chi connectivity index (χ1) is 16.5.